The zero-order valence-electron chi connectivity index (χ0n) is 15.8. The lowest BCUT2D eigenvalue weighted by Gasteiger charge is -2.12. The van der Waals surface area contributed by atoms with Crippen LogP contribution in [0.3, 0.4) is 0 Å². The van der Waals surface area contributed by atoms with Gasteiger partial charge in [0.2, 0.25) is 0 Å². The van der Waals surface area contributed by atoms with Crippen LogP contribution in [-0.4, -0.2) is 15.3 Å². The molecule has 5 nitrogen and oxygen atoms in total. The summed E-state index contributed by atoms with van der Waals surface area (Å²) in [5.41, 5.74) is 4.12. The Morgan fingerprint density at radius 1 is 1.04 bits per heavy atom. The van der Waals surface area contributed by atoms with Crippen LogP contribution in [0.4, 0.5) is 5.69 Å². The summed E-state index contributed by atoms with van der Waals surface area (Å²) in [6.45, 7) is 4.09. The second-order valence-electron chi connectivity index (χ2n) is 6.51. The summed E-state index contributed by atoms with van der Waals surface area (Å²) in [4.78, 5) is 17.4. The molecule has 1 amide bonds. The number of nitrogens with zero attached hydrogens (tertiary/aromatic N) is 2. The largest absolute Gasteiger partial charge is 0.455 e. The van der Waals surface area contributed by atoms with Crippen molar-refractivity contribution in [3.05, 3.63) is 89.9 Å². The zero-order valence-corrected chi connectivity index (χ0v) is 15.8. The summed E-state index contributed by atoms with van der Waals surface area (Å²) in [5, 5.41) is 2.95. The molecule has 140 valence electrons. The maximum absolute atomic E-state index is 12.8. The number of imidazole rings is 1. The molecule has 0 saturated heterocycles. The number of benzene rings is 2. The SMILES string of the molecule is CCc1nc2ccc(C(=O)Nc3ccccc3Oc3ccccc3)cn2c1C. The van der Waals surface area contributed by atoms with Gasteiger partial charge in [-0.1, -0.05) is 37.3 Å². The molecule has 2 aromatic heterocycles. The normalized spacial score (nSPS) is 10.8. The predicted molar refractivity (Wildman–Crippen MR) is 110 cm³/mol. The van der Waals surface area contributed by atoms with Crippen LogP contribution >= 0.6 is 0 Å². The van der Waals surface area contributed by atoms with E-state index in [9.17, 15) is 4.79 Å². The molecule has 28 heavy (non-hydrogen) atoms. The third-order valence-electron chi connectivity index (χ3n) is 4.66. The minimum absolute atomic E-state index is 0.197. The molecule has 0 radical (unpaired) electrons. The van der Waals surface area contributed by atoms with E-state index in [2.05, 4.69) is 17.2 Å². The minimum atomic E-state index is -0.197. The first kappa shape index (κ1) is 17.8. The second kappa shape index (κ2) is 7.56. The fraction of sp³-hybridized carbons (Fsp3) is 0.130. The average molecular weight is 371 g/mol. The van der Waals surface area contributed by atoms with Gasteiger partial charge in [-0.15, -0.1) is 0 Å². The number of rotatable bonds is 5. The maximum Gasteiger partial charge on any atom is 0.257 e. The van der Waals surface area contributed by atoms with Crippen molar-refractivity contribution in [3.63, 3.8) is 0 Å². The summed E-state index contributed by atoms with van der Waals surface area (Å²) in [5.74, 6) is 1.11. The van der Waals surface area contributed by atoms with E-state index in [1.54, 1.807) is 6.07 Å². The Bertz CT molecular complexity index is 1130. The van der Waals surface area contributed by atoms with E-state index in [4.69, 9.17) is 4.74 Å². The number of pyridine rings is 1. The molecule has 0 aliphatic carbocycles. The molecule has 0 unspecified atom stereocenters. The highest BCUT2D eigenvalue weighted by atomic mass is 16.5. The Morgan fingerprint density at radius 3 is 2.57 bits per heavy atom. The zero-order chi connectivity index (χ0) is 19.5. The van der Waals surface area contributed by atoms with Gasteiger partial charge in [-0.25, -0.2) is 4.98 Å². The predicted octanol–water partition coefficient (Wildman–Crippen LogP) is 5.25. The first-order chi connectivity index (χ1) is 13.7. The first-order valence-electron chi connectivity index (χ1n) is 9.26. The van der Waals surface area contributed by atoms with Gasteiger partial charge in [0.15, 0.2) is 5.75 Å². The Hall–Kier alpha value is -3.60. The summed E-state index contributed by atoms with van der Waals surface area (Å²) in [6, 6.07) is 20.5. The van der Waals surface area contributed by atoms with Crippen LogP contribution in [0.25, 0.3) is 5.65 Å². The van der Waals surface area contributed by atoms with Gasteiger partial charge in [0.25, 0.3) is 5.91 Å². The van der Waals surface area contributed by atoms with Gasteiger partial charge >= 0.3 is 0 Å². The van der Waals surface area contributed by atoms with E-state index in [1.807, 2.05) is 78.2 Å². The molecule has 0 bridgehead atoms. The van der Waals surface area contributed by atoms with Crippen LogP contribution in [0.5, 0.6) is 11.5 Å². The fourth-order valence-corrected chi connectivity index (χ4v) is 3.15. The summed E-state index contributed by atoms with van der Waals surface area (Å²) >= 11 is 0. The van der Waals surface area contributed by atoms with Crippen molar-refractivity contribution in [1.82, 2.24) is 9.38 Å². The van der Waals surface area contributed by atoms with Crippen LogP contribution in [0.2, 0.25) is 0 Å². The fourth-order valence-electron chi connectivity index (χ4n) is 3.15. The van der Waals surface area contributed by atoms with Gasteiger partial charge in [-0.05, 0) is 49.7 Å². The molecule has 5 heteroatoms. The number of para-hydroxylation sites is 3. The number of ether oxygens (including phenoxy) is 1. The van der Waals surface area contributed by atoms with Crippen LogP contribution < -0.4 is 10.1 Å². The number of carbonyl (C=O) groups is 1. The molecule has 2 heterocycles. The topological polar surface area (TPSA) is 55.6 Å². The molecule has 0 fully saturated rings. The van der Waals surface area contributed by atoms with Crippen molar-refractivity contribution in [2.75, 3.05) is 5.32 Å². The van der Waals surface area contributed by atoms with Gasteiger partial charge in [0.1, 0.15) is 11.4 Å². The Morgan fingerprint density at radius 2 is 1.79 bits per heavy atom. The lowest BCUT2D eigenvalue weighted by Crippen LogP contribution is -2.13. The van der Waals surface area contributed by atoms with Crippen molar-refractivity contribution >= 4 is 17.2 Å². The number of anilines is 1. The summed E-state index contributed by atoms with van der Waals surface area (Å²) in [7, 11) is 0. The van der Waals surface area contributed by atoms with Gasteiger partial charge in [0, 0.05) is 11.9 Å². The van der Waals surface area contributed by atoms with Crippen LogP contribution in [0.15, 0.2) is 72.9 Å². The Labute approximate surface area is 163 Å². The van der Waals surface area contributed by atoms with Crippen molar-refractivity contribution in [3.8, 4) is 11.5 Å². The van der Waals surface area contributed by atoms with E-state index in [-0.39, 0.29) is 5.91 Å². The third-order valence-corrected chi connectivity index (χ3v) is 4.66. The molecule has 0 atom stereocenters. The number of fused-ring (bicyclic) bond motifs is 1. The number of nitrogens with one attached hydrogen (secondary N) is 1. The van der Waals surface area contributed by atoms with E-state index in [0.717, 1.165) is 23.5 Å². The van der Waals surface area contributed by atoms with Gasteiger partial charge in [0.05, 0.1) is 16.9 Å². The van der Waals surface area contributed by atoms with E-state index in [1.165, 1.54) is 0 Å². The van der Waals surface area contributed by atoms with E-state index in [0.29, 0.717) is 22.7 Å². The number of amides is 1. The summed E-state index contributed by atoms with van der Waals surface area (Å²) < 4.78 is 7.88. The number of hydrogen-bond donors (Lipinski definition) is 1. The second-order valence-corrected chi connectivity index (χ2v) is 6.51. The Kier molecular flexibility index (Phi) is 4.81. The van der Waals surface area contributed by atoms with Crippen LogP contribution in [-0.2, 0) is 6.42 Å². The van der Waals surface area contributed by atoms with Crippen molar-refractivity contribution < 1.29 is 9.53 Å². The molecule has 2 aromatic carbocycles. The lowest BCUT2D eigenvalue weighted by molar-refractivity contribution is 0.102. The van der Waals surface area contributed by atoms with Gasteiger partial charge in [-0.2, -0.15) is 0 Å². The Balaban J connectivity index is 1.60. The molecular weight excluding hydrogens is 350 g/mol. The molecule has 0 saturated carbocycles. The molecule has 1 N–H and O–H groups in total. The number of aryl methyl sites for hydroxylation is 2. The highest BCUT2D eigenvalue weighted by Crippen LogP contribution is 2.29. The first-order valence-corrected chi connectivity index (χ1v) is 9.26. The molecule has 4 aromatic rings. The van der Waals surface area contributed by atoms with Crippen molar-refractivity contribution in [2.45, 2.75) is 20.3 Å². The molecule has 0 aliphatic rings. The van der Waals surface area contributed by atoms with E-state index < -0.39 is 0 Å². The molecular formula is C23H21N3O2. The van der Waals surface area contributed by atoms with Crippen molar-refractivity contribution in [2.24, 2.45) is 0 Å². The smallest absolute Gasteiger partial charge is 0.257 e. The summed E-state index contributed by atoms with van der Waals surface area (Å²) in [6.07, 6.45) is 2.69. The van der Waals surface area contributed by atoms with Crippen LogP contribution in [0.1, 0.15) is 28.7 Å². The average Bonchev–Trinajstić information content (AvgIpc) is 3.05. The van der Waals surface area contributed by atoms with Gasteiger partial charge in [-0.3, -0.25) is 4.79 Å². The van der Waals surface area contributed by atoms with Crippen molar-refractivity contribution in [1.29, 1.82) is 0 Å². The molecule has 4 rings (SSSR count). The lowest BCUT2D eigenvalue weighted by atomic mass is 10.2. The van der Waals surface area contributed by atoms with Gasteiger partial charge < -0.3 is 14.5 Å². The molecule has 0 spiro atoms. The van der Waals surface area contributed by atoms with E-state index >= 15 is 0 Å². The number of hydrogen-bond acceptors (Lipinski definition) is 3. The quantitative estimate of drug-likeness (QED) is 0.521. The standard InChI is InChI=1S/C23H21N3O2/c1-3-19-16(2)26-15-17(13-14-22(26)24-19)23(27)25-20-11-7-8-12-21(20)28-18-9-5-4-6-10-18/h4-15H,3H2,1-2H3,(H,25,27). The minimum Gasteiger partial charge on any atom is -0.455 e. The maximum atomic E-state index is 12.8. The molecule has 0 aliphatic heterocycles. The highest BCUT2D eigenvalue weighted by Gasteiger charge is 2.13. The number of aromatic nitrogens is 2. The third kappa shape index (κ3) is 3.47. The number of carbonyl (C=O) groups excluding carboxylic acids is 1. The van der Waals surface area contributed by atoms with Crippen LogP contribution in [0, 0.1) is 6.92 Å². The monoisotopic (exact) mass is 371 g/mol. The highest BCUT2D eigenvalue weighted by molar-refractivity contribution is 6.05.